The Morgan fingerprint density at radius 2 is 2.00 bits per heavy atom. The number of hydrogen-bond acceptors (Lipinski definition) is 4. The van der Waals surface area contributed by atoms with Crippen molar-refractivity contribution < 1.29 is 17.2 Å². The van der Waals surface area contributed by atoms with Crippen LogP contribution in [0.3, 0.4) is 0 Å². The van der Waals surface area contributed by atoms with Crippen molar-refractivity contribution in [3.05, 3.63) is 11.4 Å². The van der Waals surface area contributed by atoms with E-state index >= 15 is 0 Å². The number of halogens is 3. The van der Waals surface area contributed by atoms with Gasteiger partial charge in [-0.1, -0.05) is 5.21 Å². The Kier molecular flexibility index (Phi) is 3.84. The summed E-state index contributed by atoms with van der Waals surface area (Å²) in [6, 6.07) is -0.330. The Bertz CT molecular complexity index is 472. The van der Waals surface area contributed by atoms with E-state index in [-0.39, 0.29) is 11.7 Å². The zero-order valence-corrected chi connectivity index (χ0v) is 10.1. The molecule has 0 N–H and O–H groups in total. The SMILES string of the molecule is CC(C)n1nnc(CS(=O)(=O)Cl)c1C(F)F. The molecule has 0 aliphatic carbocycles. The summed E-state index contributed by atoms with van der Waals surface area (Å²) >= 11 is 0. The van der Waals surface area contributed by atoms with E-state index in [1.54, 1.807) is 13.8 Å². The lowest BCUT2D eigenvalue weighted by Crippen LogP contribution is -2.09. The predicted octanol–water partition coefficient (Wildman–Crippen LogP) is 1.87. The van der Waals surface area contributed by atoms with Gasteiger partial charge in [0.15, 0.2) is 0 Å². The second-order valence-corrected chi connectivity index (χ2v) is 6.22. The van der Waals surface area contributed by atoms with E-state index in [0.29, 0.717) is 0 Å². The van der Waals surface area contributed by atoms with Crippen LogP contribution in [0.25, 0.3) is 0 Å². The average molecular weight is 274 g/mol. The van der Waals surface area contributed by atoms with Crippen LogP contribution in [0.2, 0.25) is 0 Å². The van der Waals surface area contributed by atoms with Gasteiger partial charge in [0.1, 0.15) is 17.1 Å². The Balaban J connectivity index is 3.21. The summed E-state index contributed by atoms with van der Waals surface area (Å²) in [7, 11) is 1.06. The third-order valence-corrected chi connectivity index (χ3v) is 2.75. The lowest BCUT2D eigenvalue weighted by molar-refractivity contribution is 0.136. The quantitative estimate of drug-likeness (QED) is 0.786. The molecule has 1 heterocycles. The van der Waals surface area contributed by atoms with Gasteiger partial charge in [0.2, 0.25) is 9.05 Å². The van der Waals surface area contributed by atoms with E-state index in [1.807, 2.05) is 0 Å². The van der Waals surface area contributed by atoms with Crippen molar-refractivity contribution in [2.75, 3.05) is 0 Å². The molecule has 0 spiro atoms. The van der Waals surface area contributed by atoms with Crippen molar-refractivity contribution in [3.8, 4) is 0 Å². The fraction of sp³-hybridized carbons (Fsp3) is 0.714. The van der Waals surface area contributed by atoms with Crippen LogP contribution < -0.4 is 0 Å². The Morgan fingerprint density at radius 3 is 2.38 bits per heavy atom. The van der Waals surface area contributed by atoms with Gasteiger partial charge in [-0.25, -0.2) is 21.9 Å². The summed E-state index contributed by atoms with van der Waals surface area (Å²) < 4.78 is 48.0. The molecule has 5 nitrogen and oxygen atoms in total. The number of nitrogens with zero attached hydrogens (tertiary/aromatic N) is 3. The normalized spacial score (nSPS) is 12.7. The number of alkyl halides is 2. The molecule has 0 radical (unpaired) electrons. The first kappa shape index (κ1) is 13.3. The zero-order chi connectivity index (χ0) is 12.5. The minimum atomic E-state index is -3.92. The molecule has 0 aliphatic heterocycles. The maximum absolute atomic E-state index is 12.7. The van der Waals surface area contributed by atoms with Crippen LogP contribution in [0.1, 0.15) is 37.7 Å². The van der Waals surface area contributed by atoms with Gasteiger partial charge in [0.05, 0.1) is 0 Å². The van der Waals surface area contributed by atoms with E-state index in [0.717, 1.165) is 4.68 Å². The van der Waals surface area contributed by atoms with Crippen LogP contribution in [0.15, 0.2) is 0 Å². The number of rotatable bonds is 4. The van der Waals surface area contributed by atoms with Gasteiger partial charge in [-0.2, -0.15) is 0 Å². The fourth-order valence-electron chi connectivity index (χ4n) is 1.21. The largest absolute Gasteiger partial charge is 0.281 e. The highest BCUT2D eigenvalue weighted by Crippen LogP contribution is 2.25. The summed E-state index contributed by atoms with van der Waals surface area (Å²) in [6.45, 7) is 3.28. The molecule has 92 valence electrons. The molecular formula is C7H10ClF2N3O2S. The van der Waals surface area contributed by atoms with Gasteiger partial charge in [-0.15, -0.1) is 5.10 Å². The van der Waals surface area contributed by atoms with Crippen molar-refractivity contribution in [3.63, 3.8) is 0 Å². The molecule has 16 heavy (non-hydrogen) atoms. The molecule has 9 heteroatoms. The zero-order valence-electron chi connectivity index (χ0n) is 8.56. The fourth-order valence-corrected chi connectivity index (χ4v) is 2.05. The summed E-state index contributed by atoms with van der Waals surface area (Å²) in [5, 5.41) is 6.90. The van der Waals surface area contributed by atoms with Crippen molar-refractivity contribution in [1.82, 2.24) is 15.0 Å². The number of aromatic nitrogens is 3. The van der Waals surface area contributed by atoms with E-state index in [2.05, 4.69) is 10.3 Å². The molecule has 1 aromatic heterocycles. The van der Waals surface area contributed by atoms with Crippen LogP contribution in [0, 0.1) is 0 Å². The molecule has 0 unspecified atom stereocenters. The molecule has 1 rings (SSSR count). The monoisotopic (exact) mass is 273 g/mol. The molecule has 0 aliphatic rings. The summed E-state index contributed by atoms with van der Waals surface area (Å²) in [6.07, 6.45) is -2.84. The molecule has 1 aromatic rings. The third-order valence-electron chi connectivity index (χ3n) is 1.81. The van der Waals surface area contributed by atoms with E-state index in [9.17, 15) is 17.2 Å². The smallest absolute Gasteiger partial charge is 0.241 e. The average Bonchev–Trinajstić information content (AvgIpc) is 2.44. The van der Waals surface area contributed by atoms with Crippen molar-refractivity contribution in [1.29, 1.82) is 0 Å². The van der Waals surface area contributed by atoms with Crippen molar-refractivity contribution >= 4 is 19.7 Å². The lowest BCUT2D eigenvalue weighted by Gasteiger charge is -2.09. The van der Waals surface area contributed by atoms with Gasteiger partial charge in [0.25, 0.3) is 6.43 Å². The second kappa shape index (κ2) is 4.62. The van der Waals surface area contributed by atoms with Crippen LogP contribution in [-0.2, 0) is 14.8 Å². The maximum atomic E-state index is 12.7. The first-order valence-electron chi connectivity index (χ1n) is 4.37. The molecular weight excluding hydrogens is 264 g/mol. The highest BCUT2D eigenvalue weighted by atomic mass is 35.7. The Labute approximate surface area is 95.8 Å². The molecule has 0 fully saturated rings. The van der Waals surface area contributed by atoms with Gasteiger partial charge < -0.3 is 0 Å². The van der Waals surface area contributed by atoms with Crippen molar-refractivity contribution in [2.45, 2.75) is 32.1 Å². The topological polar surface area (TPSA) is 64.8 Å². The molecule has 0 atom stereocenters. The third kappa shape index (κ3) is 3.11. The van der Waals surface area contributed by atoms with Gasteiger partial charge in [-0.3, -0.25) is 0 Å². The van der Waals surface area contributed by atoms with Crippen LogP contribution >= 0.6 is 10.7 Å². The standard InChI is InChI=1S/C7H10ClF2N3O2S/c1-4(2)13-6(7(9)10)5(11-12-13)3-16(8,14)15/h4,7H,3H2,1-2H3. The molecule has 0 saturated heterocycles. The van der Waals surface area contributed by atoms with Gasteiger partial charge in [0, 0.05) is 16.7 Å². The van der Waals surface area contributed by atoms with Crippen LogP contribution in [-0.4, -0.2) is 23.4 Å². The molecule has 0 bridgehead atoms. The van der Waals surface area contributed by atoms with Gasteiger partial charge in [-0.05, 0) is 13.8 Å². The van der Waals surface area contributed by atoms with E-state index < -0.39 is 26.9 Å². The van der Waals surface area contributed by atoms with Gasteiger partial charge >= 0.3 is 0 Å². The second-order valence-electron chi connectivity index (χ2n) is 3.44. The van der Waals surface area contributed by atoms with Crippen LogP contribution in [0.4, 0.5) is 8.78 Å². The maximum Gasteiger partial charge on any atom is 0.281 e. The summed E-state index contributed by atoms with van der Waals surface area (Å²) in [4.78, 5) is 0. The first-order valence-corrected chi connectivity index (χ1v) is 6.84. The molecule has 0 aromatic carbocycles. The Morgan fingerprint density at radius 1 is 1.44 bits per heavy atom. The van der Waals surface area contributed by atoms with Crippen LogP contribution in [0.5, 0.6) is 0 Å². The highest BCUT2D eigenvalue weighted by molar-refractivity contribution is 8.13. The summed E-state index contributed by atoms with van der Waals surface area (Å²) in [5.74, 6) is -0.749. The minimum Gasteiger partial charge on any atom is -0.241 e. The van der Waals surface area contributed by atoms with Crippen molar-refractivity contribution in [2.24, 2.45) is 0 Å². The molecule has 0 saturated carbocycles. The first-order chi connectivity index (χ1) is 7.22. The lowest BCUT2D eigenvalue weighted by atomic mass is 10.3. The summed E-state index contributed by atoms with van der Waals surface area (Å²) in [5.41, 5.74) is -0.807. The van der Waals surface area contributed by atoms with E-state index in [1.165, 1.54) is 0 Å². The minimum absolute atomic E-state index is 0.307. The highest BCUT2D eigenvalue weighted by Gasteiger charge is 2.25. The molecule has 0 amide bonds. The predicted molar refractivity (Wildman–Crippen MR) is 53.8 cm³/mol. The number of hydrogen-bond donors (Lipinski definition) is 0. The van der Waals surface area contributed by atoms with E-state index in [4.69, 9.17) is 10.7 Å². The Hall–Kier alpha value is -0.760.